The Labute approximate surface area is 115 Å². The minimum absolute atomic E-state index is 0.115. The summed E-state index contributed by atoms with van der Waals surface area (Å²) < 4.78 is 26.7. The second-order valence-electron chi connectivity index (χ2n) is 5.20. The van der Waals surface area contributed by atoms with Crippen LogP contribution >= 0.6 is 0 Å². The van der Waals surface area contributed by atoms with Gasteiger partial charge in [0.05, 0.1) is 4.92 Å². The molecule has 1 heterocycles. The first kappa shape index (κ1) is 14.8. The van der Waals surface area contributed by atoms with Gasteiger partial charge in [-0.1, -0.05) is 0 Å². The number of likely N-dealkylation sites (tertiary alicyclic amines) is 1. The van der Waals surface area contributed by atoms with Gasteiger partial charge in [-0.25, -0.2) is 4.39 Å². The van der Waals surface area contributed by atoms with E-state index in [-0.39, 0.29) is 12.1 Å². The van der Waals surface area contributed by atoms with Crippen LogP contribution in [0.3, 0.4) is 0 Å². The standard InChI is InChI=1S/C13H17F2N3O2/c1-17-3-2-9(8-17)6-16-7-10-4-13(18(19)20)12(15)5-11(10)14/h4-5,9,16H,2-3,6-8H2,1H3. The maximum atomic E-state index is 13.5. The Kier molecular flexibility index (Phi) is 4.61. The molecule has 1 aromatic rings. The number of nitro benzene ring substituents is 1. The van der Waals surface area contributed by atoms with Gasteiger partial charge in [-0.3, -0.25) is 10.1 Å². The molecule has 5 nitrogen and oxygen atoms in total. The maximum Gasteiger partial charge on any atom is 0.305 e. The molecule has 1 N–H and O–H groups in total. The Hall–Kier alpha value is -1.60. The molecule has 0 aliphatic carbocycles. The van der Waals surface area contributed by atoms with Crippen molar-refractivity contribution in [2.45, 2.75) is 13.0 Å². The van der Waals surface area contributed by atoms with E-state index in [0.29, 0.717) is 12.0 Å². The molecule has 20 heavy (non-hydrogen) atoms. The Morgan fingerprint density at radius 1 is 1.45 bits per heavy atom. The molecule has 1 aliphatic heterocycles. The van der Waals surface area contributed by atoms with Gasteiger partial charge in [0, 0.05) is 30.8 Å². The van der Waals surface area contributed by atoms with Crippen LogP contribution in [0, 0.1) is 27.7 Å². The smallest absolute Gasteiger partial charge is 0.305 e. The molecule has 1 unspecified atom stereocenters. The zero-order valence-electron chi connectivity index (χ0n) is 11.2. The van der Waals surface area contributed by atoms with E-state index in [1.807, 2.05) is 7.05 Å². The summed E-state index contributed by atoms with van der Waals surface area (Å²) >= 11 is 0. The third-order valence-electron chi connectivity index (χ3n) is 3.55. The third-order valence-corrected chi connectivity index (χ3v) is 3.55. The average molecular weight is 285 g/mol. The van der Waals surface area contributed by atoms with Crippen molar-refractivity contribution in [3.63, 3.8) is 0 Å². The van der Waals surface area contributed by atoms with Crippen LogP contribution in [-0.2, 0) is 6.54 Å². The molecule has 7 heteroatoms. The highest BCUT2D eigenvalue weighted by Gasteiger charge is 2.20. The van der Waals surface area contributed by atoms with E-state index in [0.717, 1.165) is 32.1 Å². The summed E-state index contributed by atoms with van der Waals surface area (Å²) in [6.07, 6.45) is 1.08. The lowest BCUT2D eigenvalue weighted by Gasteiger charge is -2.12. The number of nitrogens with zero attached hydrogens (tertiary/aromatic N) is 2. The summed E-state index contributed by atoms with van der Waals surface area (Å²) in [5.74, 6) is -1.41. The highest BCUT2D eigenvalue weighted by atomic mass is 19.1. The van der Waals surface area contributed by atoms with Crippen molar-refractivity contribution in [2.75, 3.05) is 26.7 Å². The molecule has 0 spiro atoms. The molecular formula is C13H17F2N3O2. The van der Waals surface area contributed by atoms with Crippen LogP contribution in [0.15, 0.2) is 12.1 Å². The summed E-state index contributed by atoms with van der Waals surface area (Å²) in [5.41, 5.74) is -0.576. The lowest BCUT2D eigenvalue weighted by atomic mass is 10.1. The van der Waals surface area contributed by atoms with Crippen LogP contribution in [0.4, 0.5) is 14.5 Å². The van der Waals surface area contributed by atoms with Gasteiger partial charge in [-0.2, -0.15) is 4.39 Å². The maximum absolute atomic E-state index is 13.5. The minimum Gasteiger partial charge on any atom is -0.312 e. The van der Waals surface area contributed by atoms with Crippen LogP contribution in [-0.4, -0.2) is 36.5 Å². The van der Waals surface area contributed by atoms with E-state index in [2.05, 4.69) is 10.2 Å². The number of hydrogen-bond acceptors (Lipinski definition) is 4. The van der Waals surface area contributed by atoms with E-state index < -0.39 is 22.2 Å². The Morgan fingerprint density at radius 3 is 2.80 bits per heavy atom. The van der Waals surface area contributed by atoms with E-state index in [1.165, 1.54) is 0 Å². The van der Waals surface area contributed by atoms with Crippen LogP contribution in [0.25, 0.3) is 0 Å². The number of hydrogen-bond donors (Lipinski definition) is 1. The van der Waals surface area contributed by atoms with Gasteiger partial charge < -0.3 is 10.2 Å². The van der Waals surface area contributed by atoms with E-state index in [9.17, 15) is 18.9 Å². The number of nitro groups is 1. The number of benzene rings is 1. The highest BCUT2D eigenvalue weighted by Crippen LogP contribution is 2.21. The summed E-state index contributed by atoms with van der Waals surface area (Å²) in [5, 5.41) is 13.7. The van der Waals surface area contributed by atoms with Crippen LogP contribution in [0.2, 0.25) is 0 Å². The van der Waals surface area contributed by atoms with Gasteiger partial charge in [-0.05, 0) is 32.5 Å². The first-order chi connectivity index (χ1) is 9.47. The quantitative estimate of drug-likeness (QED) is 0.663. The zero-order chi connectivity index (χ0) is 14.7. The number of nitrogens with one attached hydrogen (secondary N) is 1. The van der Waals surface area contributed by atoms with Crippen molar-refractivity contribution < 1.29 is 13.7 Å². The molecule has 0 radical (unpaired) electrons. The van der Waals surface area contributed by atoms with Crippen molar-refractivity contribution in [3.8, 4) is 0 Å². The Balaban J connectivity index is 1.95. The first-order valence-electron chi connectivity index (χ1n) is 6.49. The lowest BCUT2D eigenvalue weighted by molar-refractivity contribution is -0.387. The van der Waals surface area contributed by atoms with Gasteiger partial charge in [0.2, 0.25) is 5.82 Å². The van der Waals surface area contributed by atoms with Crippen LogP contribution < -0.4 is 5.32 Å². The van der Waals surface area contributed by atoms with E-state index in [4.69, 9.17) is 0 Å². The average Bonchev–Trinajstić information content (AvgIpc) is 2.77. The second-order valence-corrected chi connectivity index (χ2v) is 5.20. The van der Waals surface area contributed by atoms with Crippen molar-refractivity contribution in [1.29, 1.82) is 0 Å². The molecule has 1 aliphatic rings. The summed E-state index contributed by atoms with van der Waals surface area (Å²) in [7, 11) is 2.04. The largest absolute Gasteiger partial charge is 0.312 e. The topological polar surface area (TPSA) is 58.4 Å². The fraction of sp³-hybridized carbons (Fsp3) is 0.538. The molecular weight excluding hydrogens is 268 g/mol. The zero-order valence-corrected chi connectivity index (χ0v) is 11.2. The second kappa shape index (κ2) is 6.23. The fourth-order valence-corrected chi connectivity index (χ4v) is 2.46. The predicted octanol–water partition coefficient (Wildman–Crippen LogP) is 1.91. The SMILES string of the molecule is CN1CCC(CNCc2cc([N+](=O)[O-])c(F)cc2F)C1. The summed E-state index contributed by atoms with van der Waals surface area (Å²) in [6, 6.07) is 1.52. The summed E-state index contributed by atoms with van der Waals surface area (Å²) in [4.78, 5) is 12.0. The predicted molar refractivity (Wildman–Crippen MR) is 70.3 cm³/mol. The van der Waals surface area contributed by atoms with Crippen molar-refractivity contribution in [1.82, 2.24) is 10.2 Å². The first-order valence-corrected chi connectivity index (χ1v) is 6.49. The normalized spacial score (nSPS) is 19.4. The Morgan fingerprint density at radius 2 is 2.20 bits per heavy atom. The molecule has 0 amide bonds. The molecule has 0 bridgehead atoms. The van der Waals surface area contributed by atoms with Gasteiger partial charge in [0.1, 0.15) is 5.82 Å². The van der Waals surface area contributed by atoms with Crippen LogP contribution in [0.1, 0.15) is 12.0 Å². The van der Waals surface area contributed by atoms with E-state index in [1.54, 1.807) is 0 Å². The summed E-state index contributed by atoms with van der Waals surface area (Å²) in [6.45, 7) is 2.91. The molecule has 1 fully saturated rings. The van der Waals surface area contributed by atoms with Gasteiger partial charge in [0.15, 0.2) is 0 Å². The molecule has 1 aromatic carbocycles. The number of halogens is 2. The molecule has 1 saturated heterocycles. The van der Waals surface area contributed by atoms with Gasteiger partial charge in [-0.15, -0.1) is 0 Å². The van der Waals surface area contributed by atoms with Gasteiger partial charge >= 0.3 is 5.69 Å². The highest BCUT2D eigenvalue weighted by molar-refractivity contribution is 5.37. The Bertz CT molecular complexity index is 511. The van der Waals surface area contributed by atoms with Crippen LogP contribution in [0.5, 0.6) is 0 Å². The fourth-order valence-electron chi connectivity index (χ4n) is 2.46. The molecule has 2 rings (SSSR count). The minimum atomic E-state index is -1.14. The lowest BCUT2D eigenvalue weighted by Crippen LogP contribution is -2.25. The third kappa shape index (κ3) is 3.49. The number of rotatable bonds is 5. The van der Waals surface area contributed by atoms with E-state index >= 15 is 0 Å². The van der Waals surface area contributed by atoms with Crippen molar-refractivity contribution >= 4 is 5.69 Å². The molecule has 0 saturated carbocycles. The van der Waals surface area contributed by atoms with Crippen molar-refractivity contribution in [2.24, 2.45) is 5.92 Å². The van der Waals surface area contributed by atoms with Crippen molar-refractivity contribution in [3.05, 3.63) is 39.4 Å². The molecule has 0 aromatic heterocycles. The molecule has 1 atom stereocenters. The molecule has 110 valence electrons. The van der Waals surface area contributed by atoms with Gasteiger partial charge in [0.25, 0.3) is 0 Å². The monoisotopic (exact) mass is 285 g/mol.